The van der Waals surface area contributed by atoms with Gasteiger partial charge in [0, 0.05) is 52.5 Å². The highest BCUT2D eigenvalue weighted by Crippen LogP contribution is 2.78. The molecule has 0 radical (unpaired) electrons. The van der Waals surface area contributed by atoms with E-state index in [4.69, 9.17) is 9.47 Å². The fourth-order valence-corrected chi connectivity index (χ4v) is 12.8. The van der Waals surface area contributed by atoms with E-state index in [-0.39, 0.29) is 53.6 Å². The predicted octanol–water partition coefficient (Wildman–Crippen LogP) is 6.21. The maximum absolute atomic E-state index is 14.8. The highest BCUT2D eigenvalue weighted by molar-refractivity contribution is 7.88. The number of allylic oxidation sites excluding steroid dienone is 4. The van der Waals surface area contributed by atoms with Crippen molar-refractivity contribution in [2.75, 3.05) is 27.0 Å². The van der Waals surface area contributed by atoms with Gasteiger partial charge in [-0.2, -0.15) is 4.31 Å². The number of benzene rings is 1. The van der Waals surface area contributed by atoms with Crippen LogP contribution in [0.1, 0.15) is 96.5 Å². The number of methoxy groups -OCH3 is 2. The molecule has 4 fully saturated rings. The van der Waals surface area contributed by atoms with Crippen molar-refractivity contribution < 1.29 is 32.9 Å². The van der Waals surface area contributed by atoms with Crippen molar-refractivity contribution in [3.8, 4) is 11.5 Å². The largest absolute Gasteiger partial charge is 0.497 e. The molecule has 2 bridgehead atoms. The maximum atomic E-state index is 14.8. The molecule has 48 heavy (non-hydrogen) atoms. The number of sulfonamides is 1. The molecule has 8 rings (SSSR count). The van der Waals surface area contributed by atoms with Crippen LogP contribution in [-0.4, -0.2) is 67.4 Å². The second-order valence-electron chi connectivity index (χ2n) is 16.7. The van der Waals surface area contributed by atoms with Gasteiger partial charge in [0.15, 0.2) is 5.78 Å². The van der Waals surface area contributed by atoms with Crippen LogP contribution in [0.2, 0.25) is 0 Å². The van der Waals surface area contributed by atoms with E-state index in [0.717, 1.165) is 63.4 Å². The summed E-state index contributed by atoms with van der Waals surface area (Å²) >= 11 is 0. The van der Waals surface area contributed by atoms with Crippen molar-refractivity contribution in [1.29, 1.82) is 0 Å². The Balaban J connectivity index is 1.28. The summed E-state index contributed by atoms with van der Waals surface area (Å²) in [4.78, 5) is 14.8. The van der Waals surface area contributed by atoms with Gasteiger partial charge >= 0.3 is 0 Å². The Morgan fingerprint density at radius 3 is 2.31 bits per heavy atom. The summed E-state index contributed by atoms with van der Waals surface area (Å²) in [5.74, 6) is 1.68. The van der Waals surface area contributed by atoms with Crippen LogP contribution in [0, 0.1) is 39.4 Å². The molecule has 8 atom stereocenters. The molecule has 0 heterocycles. The second-order valence-corrected chi connectivity index (χ2v) is 18.7. The topological polar surface area (TPSA) is 113 Å². The first-order valence-corrected chi connectivity index (χ1v) is 20.1. The van der Waals surface area contributed by atoms with Gasteiger partial charge < -0.3 is 19.7 Å². The lowest BCUT2D eigenvalue weighted by Gasteiger charge is -2.71. The summed E-state index contributed by atoms with van der Waals surface area (Å²) in [6.45, 7) is 4.61. The number of rotatable bonds is 9. The van der Waals surface area contributed by atoms with Gasteiger partial charge in [-0.3, -0.25) is 4.79 Å². The van der Waals surface area contributed by atoms with E-state index >= 15 is 0 Å². The summed E-state index contributed by atoms with van der Waals surface area (Å²) in [7, 11) is -0.584. The lowest BCUT2D eigenvalue weighted by Crippen LogP contribution is -2.67. The van der Waals surface area contributed by atoms with Crippen molar-refractivity contribution in [2.45, 2.75) is 109 Å². The molecule has 264 valence electrons. The highest BCUT2D eigenvalue weighted by atomic mass is 32.2. The zero-order valence-electron chi connectivity index (χ0n) is 29.5. The molecular formula is C39H55NO7S. The van der Waals surface area contributed by atoms with E-state index in [1.807, 2.05) is 6.07 Å². The average molecular weight is 682 g/mol. The van der Waals surface area contributed by atoms with Crippen molar-refractivity contribution in [1.82, 2.24) is 4.31 Å². The number of nitrogens with zero attached hydrogens (tertiary/aromatic N) is 1. The fourth-order valence-electron chi connectivity index (χ4n) is 12.0. The molecule has 8 nitrogen and oxygen atoms in total. The molecule has 1 aromatic carbocycles. The average Bonchev–Trinajstić information content (AvgIpc) is 3.34. The van der Waals surface area contributed by atoms with E-state index in [1.54, 1.807) is 26.4 Å². The monoisotopic (exact) mass is 681 g/mol. The van der Waals surface area contributed by atoms with Crippen LogP contribution >= 0.6 is 0 Å². The van der Waals surface area contributed by atoms with Crippen molar-refractivity contribution >= 4 is 15.8 Å². The molecule has 0 aromatic heterocycles. The zero-order chi connectivity index (χ0) is 34.3. The fraction of sp³-hybridized carbons (Fsp3) is 0.718. The number of hydrogen-bond donors (Lipinski definition) is 2. The number of carbonyl (C=O) groups excluding carboxylic acids is 1. The number of Topliss-reactive ketones (excluding diaryl/α,β-unsaturated/α-hetero) is 1. The van der Waals surface area contributed by atoms with Crippen LogP contribution in [0.25, 0.3) is 0 Å². The van der Waals surface area contributed by atoms with Gasteiger partial charge in [0.2, 0.25) is 10.0 Å². The third kappa shape index (κ3) is 4.84. The Morgan fingerprint density at radius 1 is 0.938 bits per heavy atom. The second kappa shape index (κ2) is 11.7. The van der Waals surface area contributed by atoms with Crippen LogP contribution in [0.15, 0.2) is 42.0 Å². The number of aliphatic hydroxyl groups is 2. The third-order valence-corrected chi connectivity index (χ3v) is 15.9. The SMILES string of the molecule is COc1ccc(CN(C[C@]2(O)CC[C@H]3[C@]45C=C[C@@]6(C=C4C(=O)C4CCCCC4)CC(O)CC[C@]6(C)[C@H]5CC[C@@]32C)S(C)(=O)=O)c(OC)c1. The molecule has 4 saturated carbocycles. The molecule has 7 aliphatic rings. The summed E-state index contributed by atoms with van der Waals surface area (Å²) in [5, 5.41) is 23.8. The lowest BCUT2D eigenvalue weighted by molar-refractivity contribution is -0.177. The Hall–Kier alpha value is -2.20. The maximum Gasteiger partial charge on any atom is 0.211 e. The first-order chi connectivity index (χ1) is 22.7. The van der Waals surface area contributed by atoms with Gasteiger partial charge in [0.05, 0.1) is 32.2 Å². The third-order valence-electron chi connectivity index (χ3n) is 14.7. The number of aliphatic hydroxyl groups excluding tert-OH is 1. The molecule has 2 N–H and O–H groups in total. The molecule has 0 amide bonds. The molecular weight excluding hydrogens is 626 g/mol. The first kappa shape index (κ1) is 34.3. The van der Waals surface area contributed by atoms with E-state index < -0.39 is 26.5 Å². The minimum Gasteiger partial charge on any atom is -0.497 e. The predicted molar refractivity (Wildman–Crippen MR) is 185 cm³/mol. The van der Waals surface area contributed by atoms with Crippen LogP contribution in [0.5, 0.6) is 11.5 Å². The molecule has 1 aromatic rings. The molecule has 9 heteroatoms. The van der Waals surface area contributed by atoms with Crippen molar-refractivity contribution in [3.63, 3.8) is 0 Å². The van der Waals surface area contributed by atoms with Crippen LogP contribution in [0.3, 0.4) is 0 Å². The normalized spacial score (nSPS) is 40.6. The number of hydrogen-bond acceptors (Lipinski definition) is 7. The van der Waals surface area contributed by atoms with E-state index in [2.05, 4.69) is 32.1 Å². The minimum atomic E-state index is -3.72. The Morgan fingerprint density at radius 2 is 1.62 bits per heavy atom. The Kier molecular flexibility index (Phi) is 8.33. The van der Waals surface area contributed by atoms with Gasteiger partial charge in [0.25, 0.3) is 0 Å². The van der Waals surface area contributed by atoms with Gasteiger partial charge in [-0.15, -0.1) is 0 Å². The number of ether oxygens (including phenoxy) is 2. The van der Waals surface area contributed by atoms with E-state index in [1.165, 1.54) is 17.0 Å². The first-order valence-electron chi connectivity index (χ1n) is 18.2. The minimum absolute atomic E-state index is 0.0114. The summed E-state index contributed by atoms with van der Waals surface area (Å²) < 4.78 is 39.2. The van der Waals surface area contributed by atoms with Gasteiger partial charge in [-0.05, 0) is 81.1 Å². The molecule has 0 saturated heterocycles. The molecule has 1 unspecified atom stereocenters. The quantitative estimate of drug-likeness (QED) is 0.298. The van der Waals surface area contributed by atoms with Crippen molar-refractivity contribution in [3.05, 3.63) is 47.6 Å². The van der Waals surface area contributed by atoms with E-state index in [0.29, 0.717) is 29.9 Å². The number of fused-ring (bicyclic) bond motifs is 1. The van der Waals surface area contributed by atoms with Gasteiger partial charge in [-0.25, -0.2) is 8.42 Å². The van der Waals surface area contributed by atoms with Gasteiger partial charge in [0.1, 0.15) is 11.5 Å². The summed E-state index contributed by atoms with van der Waals surface area (Å²) in [5.41, 5.74) is -1.22. The highest BCUT2D eigenvalue weighted by Gasteiger charge is 2.74. The molecule has 0 aliphatic heterocycles. The smallest absolute Gasteiger partial charge is 0.211 e. The van der Waals surface area contributed by atoms with Crippen LogP contribution < -0.4 is 9.47 Å². The van der Waals surface area contributed by atoms with Crippen LogP contribution in [-0.2, 0) is 21.4 Å². The summed E-state index contributed by atoms with van der Waals surface area (Å²) in [6.07, 6.45) is 18.2. The van der Waals surface area contributed by atoms with Crippen molar-refractivity contribution in [2.24, 2.45) is 39.4 Å². The van der Waals surface area contributed by atoms with Crippen LogP contribution in [0.4, 0.5) is 0 Å². The Bertz CT molecular complexity index is 1630. The molecule has 7 aliphatic carbocycles. The number of ketones is 1. The lowest BCUT2D eigenvalue weighted by atomic mass is 9.32. The molecule has 2 spiro atoms. The number of carbonyl (C=O) groups is 1. The van der Waals surface area contributed by atoms with E-state index in [9.17, 15) is 23.4 Å². The summed E-state index contributed by atoms with van der Waals surface area (Å²) in [6, 6.07) is 5.36. The van der Waals surface area contributed by atoms with Gasteiger partial charge in [-0.1, -0.05) is 57.4 Å². The Labute approximate surface area is 287 Å². The standard InChI is InChI=1S/C39H55NO7S/c1-35-16-13-28(41)22-37(35)19-20-39(30(23-37)34(42)26-9-7-6-8-10-26)32(35)14-17-36(2)33(39)15-18-38(36,43)25-40(48(5,44)45)24-27-11-12-29(46-3)21-31(27)47-4/h11-12,19-21,23,26,28,32-33,41,43H,6-10,13-18,22,24-25H2,1-5H3/t28?,32-,33-,35-,36+,37+,38-,39-/m1/s1. The zero-order valence-corrected chi connectivity index (χ0v) is 30.3.